The fourth-order valence-corrected chi connectivity index (χ4v) is 6.40. The molecule has 380 valence electrons. The van der Waals surface area contributed by atoms with Crippen molar-refractivity contribution in [2.24, 2.45) is 0 Å². The van der Waals surface area contributed by atoms with Crippen LogP contribution in [0.3, 0.4) is 0 Å². The highest BCUT2D eigenvalue weighted by Gasteiger charge is 2.07. The third-order valence-corrected chi connectivity index (χ3v) is 10.6. The molecule has 10 nitrogen and oxygen atoms in total. The summed E-state index contributed by atoms with van der Waals surface area (Å²) in [6, 6.07) is 0. The van der Waals surface area contributed by atoms with Gasteiger partial charge >= 0.3 is 0 Å². The highest BCUT2D eigenvalue weighted by Crippen LogP contribution is 2.13. The Labute approximate surface area is 389 Å². The molecule has 62 heavy (non-hydrogen) atoms. The van der Waals surface area contributed by atoms with Gasteiger partial charge in [-0.25, -0.2) is 0 Å². The van der Waals surface area contributed by atoms with Gasteiger partial charge in [0.15, 0.2) is 0 Å². The summed E-state index contributed by atoms with van der Waals surface area (Å²) >= 11 is 0. The van der Waals surface area contributed by atoms with Gasteiger partial charge in [-0.05, 0) is 19.3 Å². The van der Waals surface area contributed by atoms with Crippen molar-refractivity contribution in [2.75, 3.05) is 123 Å². The summed E-state index contributed by atoms with van der Waals surface area (Å²) in [6.45, 7) is 15.7. The van der Waals surface area contributed by atoms with E-state index in [-0.39, 0.29) is 0 Å². The van der Waals surface area contributed by atoms with E-state index in [4.69, 9.17) is 33.5 Å². The van der Waals surface area contributed by atoms with Gasteiger partial charge in [-0.2, -0.15) is 7.82 Å². The SMILES string of the molecule is CCCCCCCCCCCCOCC[N+](C)(C)C.CCCCCCCCCCCCOCC[N+](C)(C)C.CCCCCCCCCCCCOCC[N+](C)(C)C.O=P([O-])([O-])[O-]. The normalized spacial score (nSPS) is 12.0. The predicted octanol–water partition coefficient (Wildman–Crippen LogP) is 11.1. The van der Waals surface area contributed by atoms with E-state index in [0.717, 1.165) is 72.7 Å². The molecular weight excluding hydrogens is 798 g/mol. The zero-order valence-electron chi connectivity index (χ0n) is 44.2. The van der Waals surface area contributed by atoms with E-state index in [9.17, 15) is 0 Å². The molecule has 0 amide bonds. The highest BCUT2D eigenvalue weighted by atomic mass is 31.2. The van der Waals surface area contributed by atoms with Crippen LogP contribution in [0.2, 0.25) is 0 Å². The maximum atomic E-state index is 8.55. The summed E-state index contributed by atoms with van der Waals surface area (Å²) < 4.78 is 28.5. The third kappa shape index (κ3) is 90.5. The number of unbranched alkanes of at least 4 members (excludes halogenated alkanes) is 27. The van der Waals surface area contributed by atoms with E-state index < -0.39 is 7.82 Å². The minimum Gasteiger partial charge on any atom is -0.822 e. The smallest absolute Gasteiger partial charge is 0.102 e. The summed E-state index contributed by atoms with van der Waals surface area (Å²) in [7, 11) is 14.5. The summed E-state index contributed by atoms with van der Waals surface area (Å²) in [6.07, 6.45) is 41.9. The number of phosphoric acid groups is 1. The Morgan fingerprint density at radius 2 is 0.435 bits per heavy atom. The maximum absolute atomic E-state index is 8.55. The summed E-state index contributed by atoms with van der Waals surface area (Å²) in [5.41, 5.74) is 0. The fourth-order valence-electron chi connectivity index (χ4n) is 6.40. The van der Waals surface area contributed by atoms with Crippen molar-refractivity contribution in [3.63, 3.8) is 0 Å². The Balaban J connectivity index is -0.000000385. The minimum absolute atomic E-state index is 0.904. The van der Waals surface area contributed by atoms with Crippen molar-refractivity contribution in [2.45, 2.75) is 213 Å². The number of hydrogen-bond donors (Lipinski definition) is 0. The lowest BCUT2D eigenvalue weighted by Gasteiger charge is -2.36. The molecule has 0 aliphatic heterocycles. The molecule has 0 spiro atoms. The van der Waals surface area contributed by atoms with Crippen LogP contribution in [0.5, 0.6) is 0 Å². The summed E-state index contributed by atoms with van der Waals surface area (Å²) in [5, 5.41) is 0. The van der Waals surface area contributed by atoms with E-state index in [0.29, 0.717) is 0 Å². The quantitative estimate of drug-likeness (QED) is 0.0340. The van der Waals surface area contributed by atoms with E-state index in [1.165, 1.54) is 193 Å². The van der Waals surface area contributed by atoms with Crippen molar-refractivity contribution < 1.29 is 46.9 Å². The average Bonchev–Trinajstić information content (AvgIpc) is 3.16. The van der Waals surface area contributed by atoms with Gasteiger partial charge in [0.05, 0.1) is 83.2 Å². The summed E-state index contributed by atoms with van der Waals surface area (Å²) in [4.78, 5) is 25.6. The van der Waals surface area contributed by atoms with E-state index >= 15 is 0 Å². The van der Waals surface area contributed by atoms with Crippen LogP contribution in [-0.2, 0) is 18.8 Å². The van der Waals surface area contributed by atoms with Gasteiger partial charge in [0.2, 0.25) is 0 Å². The average molecular weight is 912 g/mol. The monoisotopic (exact) mass is 912 g/mol. The van der Waals surface area contributed by atoms with Crippen LogP contribution in [0.4, 0.5) is 0 Å². The Hall–Kier alpha value is -0.130. The lowest BCUT2D eigenvalue weighted by atomic mass is 10.1. The first-order valence-electron chi connectivity index (χ1n) is 26.1. The van der Waals surface area contributed by atoms with Gasteiger partial charge < -0.3 is 46.9 Å². The van der Waals surface area contributed by atoms with Gasteiger partial charge in [-0.1, -0.05) is 194 Å². The Morgan fingerprint density at radius 1 is 0.290 bits per heavy atom. The molecule has 0 radical (unpaired) electrons. The van der Waals surface area contributed by atoms with E-state index in [1.54, 1.807) is 0 Å². The van der Waals surface area contributed by atoms with Crippen molar-refractivity contribution in [1.82, 2.24) is 0 Å². The van der Waals surface area contributed by atoms with Crippen LogP contribution in [0.15, 0.2) is 0 Å². The zero-order chi connectivity index (χ0) is 47.7. The third-order valence-electron chi connectivity index (χ3n) is 10.6. The Kier molecular flexibility index (Phi) is 55.5. The molecule has 0 saturated carbocycles. The summed E-state index contributed by atoms with van der Waals surface area (Å²) in [5.74, 6) is 0. The molecule has 0 bridgehead atoms. The molecule has 0 fully saturated rings. The molecule has 11 heteroatoms. The molecule has 0 aliphatic rings. The second kappa shape index (κ2) is 50.3. The first-order valence-corrected chi connectivity index (χ1v) is 27.5. The molecule has 0 aromatic carbocycles. The number of ether oxygens (including phenoxy) is 3. The van der Waals surface area contributed by atoms with Crippen LogP contribution in [-0.4, -0.2) is 136 Å². The second-order valence-electron chi connectivity index (χ2n) is 20.9. The number of nitrogens with zero attached hydrogens (tertiary/aromatic N) is 3. The molecule has 0 unspecified atom stereocenters. The number of likely N-dealkylation sites (N-methyl/N-ethyl adjacent to an activating group) is 3. The van der Waals surface area contributed by atoms with Crippen LogP contribution >= 0.6 is 7.82 Å². The molecule has 0 aromatic rings. The molecule has 0 rings (SSSR count). The van der Waals surface area contributed by atoms with Crippen LogP contribution in [0.25, 0.3) is 0 Å². The fraction of sp³-hybridized carbons (Fsp3) is 1.00. The first kappa shape index (κ1) is 68.5. The Morgan fingerprint density at radius 3 is 0.581 bits per heavy atom. The lowest BCUT2D eigenvalue weighted by Crippen LogP contribution is -2.37. The molecule has 0 aliphatic carbocycles. The number of rotatable bonds is 42. The van der Waals surface area contributed by atoms with Gasteiger partial charge in [0, 0.05) is 19.8 Å². The molecule has 0 heterocycles. The van der Waals surface area contributed by atoms with Crippen LogP contribution in [0, 0.1) is 0 Å². The minimum atomic E-state index is -5.39. The van der Waals surface area contributed by atoms with Crippen molar-refractivity contribution in [3.05, 3.63) is 0 Å². The van der Waals surface area contributed by atoms with Gasteiger partial charge in [-0.3, -0.25) is 0 Å². The Bertz CT molecular complexity index is 770. The van der Waals surface area contributed by atoms with Crippen molar-refractivity contribution in [1.29, 1.82) is 0 Å². The molecule has 0 N–H and O–H groups in total. The van der Waals surface area contributed by atoms with E-state index in [2.05, 4.69) is 84.2 Å². The van der Waals surface area contributed by atoms with Gasteiger partial charge in [0.1, 0.15) is 19.6 Å². The second-order valence-corrected chi connectivity index (χ2v) is 21.8. The van der Waals surface area contributed by atoms with Gasteiger partial charge in [-0.15, -0.1) is 0 Å². The van der Waals surface area contributed by atoms with Crippen molar-refractivity contribution >= 4 is 7.82 Å². The van der Waals surface area contributed by atoms with Crippen LogP contribution < -0.4 is 14.7 Å². The molecule has 0 atom stereocenters. The standard InChI is InChI=1S/3C17H38NO.H3O4P/c3*1-5-6-7-8-9-10-11-12-13-14-16-19-17-15-18(2,3)4;1-5(2,3)4/h3*5-17H2,1-4H3;(H3,1,2,3,4)/q3*+1;/p-3. The highest BCUT2D eigenvalue weighted by molar-refractivity contribution is 7.40. The lowest BCUT2D eigenvalue weighted by molar-refractivity contribution is -0.870. The first-order chi connectivity index (χ1) is 29.2. The molecule has 0 saturated heterocycles. The topological polar surface area (TPSA) is 114 Å². The maximum Gasteiger partial charge on any atom is 0.102 e. The van der Waals surface area contributed by atoms with Gasteiger partial charge in [0.25, 0.3) is 0 Å². The predicted molar refractivity (Wildman–Crippen MR) is 264 cm³/mol. The molecular formula is C51H114N3O7P. The largest absolute Gasteiger partial charge is 0.822 e. The zero-order valence-corrected chi connectivity index (χ0v) is 45.1. The number of quaternary nitrogens is 3. The number of hydrogen-bond acceptors (Lipinski definition) is 7. The van der Waals surface area contributed by atoms with Crippen LogP contribution in [0.1, 0.15) is 213 Å². The van der Waals surface area contributed by atoms with Crippen molar-refractivity contribution in [3.8, 4) is 0 Å². The molecule has 0 aromatic heterocycles. The van der Waals surface area contributed by atoms with E-state index in [1.807, 2.05) is 0 Å².